The largest absolute Gasteiger partial charge is 0.0616 e. The van der Waals surface area contributed by atoms with Gasteiger partial charge in [-0.3, -0.25) is 0 Å². The van der Waals surface area contributed by atoms with E-state index in [2.05, 4.69) is 218 Å². The van der Waals surface area contributed by atoms with Crippen LogP contribution in [0.25, 0.3) is 152 Å². The minimum absolute atomic E-state index is 1.25. The number of fused-ring (bicyclic) bond motifs is 13. The second kappa shape index (κ2) is 12.6. The van der Waals surface area contributed by atoms with E-state index < -0.39 is 0 Å². The third kappa shape index (κ3) is 4.61. The highest BCUT2D eigenvalue weighted by molar-refractivity contribution is 6.34. The lowest BCUT2D eigenvalue weighted by atomic mass is 9.79. The molecule has 1 aliphatic carbocycles. The molecule has 0 saturated carbocycles. The Hall–Kier alpha value is -8.32. The van der Waals surface area contributed by atoms with Crippen LogP contribution in [-0.2, 0) is 0 Å². The van der Waals surface area contributed by atoms with Crippen LogP contribution in [-0.4, -0.2) is 0 Å². The Balaban J connectivity index is 1.20. The van der Waals surface area contributed by atoms with Crippen LogP contribution in [0.1, 0.15) is 0 Å². The zero-order valence-corrected chi connectivity index (χ0v) is 34.8. The molecule has 1 aliphatic rings. The van der Waals surface area contributed by atoms with Gasteiger partial charge in [0.05, 0.1) is 0 Å². The molecule has 292 valence electrons. The predicted molar refractivity (Wildman–Crippen MR) is 277 cm³/mol. The lowest BCUT2D eigenvalue weighted by molar-refractivity contribution is 1.71. The van der Waals surface area contributed by atoms with E-state index in [1.807, 2.05) is 0 Å². The summed E-state index contributed by atoms with van der Waals surface area (Å²) >= 11 is 0. The van der Waals surface area contributed by atoms with E-state index in [-0.39, 0.29) is 0 Å². The molecule has 0 atom stereocenters. The maximum atomic E-state index is 2.58. The zero-order valence-electron chi connectivity index (χ0n) is 34.8. The van der Waals surface area contributed by atoms with Crippen molar-refractivity contribution in [2.45, 2.75) is 0 Å². The Morgan fingerprint density at radius 2 is 0.516 bits per heavy atom. The van der Waals surface area contributed by atoms with Crippen LogP contribution in [0.5, 0.6) is 0 Å². The first-order valence-electron chi connectivity index (χ1n) is 22.4. The van der Waals surface area contributed by atoms with Gasteiger partial charge in [-0.2, -0.15) is 0 Å². The van der Waals surface area contributed by atoms with Crippen LogP contribution >= 0.6 is 0 Å². The fourth-order valence-corrected chi connectivity index (χ4v) is 11.9. The summed E-state index contributed by atoms with van der Waals surface area (Å²) in [5.74, 6) is 0. The SMILES string of the molecule is c1ccc2cc3c(-c4c5ccccc5c(-c5c6ccccc6cc6cc7ccccc7cc56)c5cc6c(cc45)-c4cccc5c4c-6cc4ccccc45)c4ccccc4cc3cc2c1. The first-order chi connectivity index (χ1) is 31.7. The van der Waals surface area contributed by atoms with Crippen molar-refractivity contribution in [3.8, 4) is 44.5 Å². The second-order valence-electron chi connectivity index (χ2n) is 17.9. The molecule has 0 nitrogen and oxygen atoms in total. The van der Waals surface area contributed by atoms with Gasteiger partial charge in [-0.25, -0.2) is 0 Å². The third-order valence-electron chi connectivity index (χ3n) is 14.6. The van der Waals surface area contributed by atoms with E-state index in [1.165, 1.54) is 152 Å². The molecule has 15 rings (SSSR count). The molecule has 0 heteroatoms. The minimum atomic E-state index is 1.25. The summed E-state index contributed by atoms with van der Waals surface area (Å²) in [5, 5.41) is 25.4. The molecule has 0 amide bonds. The third-order valence-corrected chi connectivity index (χ3v) is 14.6. The van der Waals surface area contributed by atoms with Crippen LogP contribution in [0.2, 0.25) is 0 Å². The molecule has 0 saturated heterocycles. The molecular formula is C64H36. The summed E-state index contributed by atoms with van der Waals surface area (Å²) in [6, 6.07) is 82.9. The highest BCUT2D eigenvalue weighted by Gasteiger charge is 2.28. The predicted octanol–water partition coefficient (Wildman–Crippen LogP) is 18.2. The van der Waals surface area contributed by atoms with Crippen LogP contribution in [0, 0.1) is 0 Å². The molecule has 0 spiro atoms. The van der Waals surface area contributed by atoms with Crippen LogP contribution in [0.4, 0.5) is 0 Å². The lowest BCUT2D eigenvalue weighted by Gasteiger charge is -2.23. The van der Waals surface area contributed by atoms with Gasteiger partial charge in [0.1, 0.15) is 0 Å². The van der Waals surface area contributed by atoms with Crippen LogP contribution in [0.15, 0.2) is 218 Å². The Kier molecular flexibility index (Phi) is 6.77. The van der Waals surface area contributed by atoms with Gasteiger partial charge < -0.3 is 0 Å². The van der Waals surface area contributed by atoms with Crippen LogP contribution < -0.4 is 0 Å². The molecule has 0 fully saturated rings. The molecule has 0 radical (unpaired) electrons. The normalized spacial score (nSPS) is 12.4. The van der Waals surface area contributed by atoms with Gasteiger partial charge in [-0.05, 0) is 207 Å². The molecule has 64 heavy (non-hydrogen) atoms. The van der Waals surface area contributed by atoms with Gasteiger partial charge in [0.25, 0.3) is 0 Å². The van der Waals surface area contributed by atoms with Gasteiger partial charge in [0.2, 0.25) is 0 Å². The summed E-state index contributed by atoms with van der Waals surface area (Å²) in [6.07, 6.45) is 0. The number of benzene rings is 14. The first kappa shape index (κ1) is 34.3. The second-order valence-corrected chi connectivity index (χ2v) is 17.9. The summed E-state index contributed by atoms with van der Waals surface area (Å²) < 4.78 is 0. The minimum Gasteiger partial charge on any atom is -0.0616 e. The van der Waals surface area contributed by atoms with Gasteiger partial charge in [0, 0.05) is 0 Å². The molecule has 14 aromatic carbocycles. The first-order valence-corrected chi connectivity index (χ1v) is 22.4. The number of hydrogen-bond acceptors (Lipinski definition) is 0. The van der Waals surface area contributed by atoms with E-state index in [9.17, 15) is 0 Å². The van der Waals surface area contributed by atoms with Crippen molar-refractivity contribution in [3.63, 3.8) is 0 Å². The zero-order chi connectivity index (χ0) is 41.6. The van der Waals surface area contributed by atoms with Crippen molar-refractivity contribution in [1.29, 1.82) is 0 Å². The summed E-state index contributed by atoms with van der Waals surface area (Å²) in [7, 11) is 0. The lowest BCUT2D eigenvalue weighted by Crippen LogP contribution is -1.95. The van der Waals surface area contributed by atoms with Gasteiger partial charge in [0.15, 0.2) is 0 Å². The average molecular weight is 805 g/mol. The molecule has 14 aromatic rings. The van der Waals surface area contributed by atoms with E-state index in [0.29, 0.717) is 0 Å². The van der Waals surface area contributed by atoms with Crippen LogP contribution in [0.3, 0.4) is 0 Å². The average Bonchev–Trinajstić information content (AvgIpc) is 3.65. The Bertz CT molecular complexity index is 4400. The molecule has 0 N–H and O–H groups in total. The van der Waals surface area contributed by atoms with Crippen molar-refractivity contribution < 1.29 is 0 Å². The standard InChI is InChI=1S/C64H36/c1-3-16-39-32-53-44(28-37(39)14-1)30-41-18-6-9-22-47(41)61(53)63-50-24-11-12-25-51(50)64(62-48-23-10-7-19-42(48)31-45-29-38-15-2-4-17-40(38)33-54(45)62)59-36-56-55(35-58(59)63)52-27-13-26-49-46-21-8-5-20-43(46)34-57(56)60(49)52/h1-36H. The van der Waals surface area contributed by atoms with Crippen molar-refractivity contribution in [2.24, 2.45) is 0 Å². The highest BCUT2D eigenvalue weighted by atomic mass is 14.3. The van der Waals surface area contributed by atoms with Crippen molar-refractivity contribution in [3.05, 3.63) is 218 Å². The summed E-state index contributed by atoms with van der Waals surface area (Å²) in [4.78, 5) is 0. The maximum Gasteiger partial charge on any atom is -0.00137 e. The van der Waals surface area contributed by atoms with Crippen molar-refractivity contribution >= 4 is 108 Å². The Morgan fingerprint density at radius 3 is 1.03 bits per heavy atom. The molecule has 0 aromatic heterocycles. The summed E-state index contributed by atoms with van der Waals surface area (Å²) in [6.45, 7) is 0. The van der Waals surface area contributed by atoms with Crippen molar-refractivity contribution in [2.75, 3.05) is 0 Å². The van der Waals surface area contributed by atoms with E-state index in [0.717, 1.165) is 0 Å². The monoisotopic (exact) mass is 804 g/mol. The van der Waals surface area contributed by atoms with Gasteiger partial charge in [-0.1, -0.05) is 164 Å². The molecule has 0 aliphatic heterocycles. The maximum absolute atomic E-state index is 2.58. The van der Waals surface area contributed by atoms with E-state index in [1.54, 1.807) is 0 Å². The fraction of sp³-hybridized carbons (Fsp3) is 0. The Labute approximate surface area is 368 Å². The van der Waals surface area contributed by atoms with E-state index in [4.69, 9.17) is 0 Å². The molecule has 0 unspecified atom stereocenters. The highest BCUT2D eigenvalue weighted by Crippen LogP contribution is 2.56. The fourth-order valence-electron chi connectivity index (χ4n) is 11.9. The number of rotatable bonds is 2. The molecular weight excluding hydrogens is 769 g/mol. The Morgan fingerprint density at radius 1 is 0.156 bits per heavy atom. The smallest absolute Gasteiger partial charge is 0.00137 e. The van der Waals surface area contributed by atoms with Gasteiger partial charge in [-0.15, -0.1) is 0 Å². The molecule has 0 heterocycles. The molecule has 0 bridgehead atoms. The number of hydrogen-bond donors (Lipinski definition) is 0. The topological polar surface area (TPSA) is 0 Å². The quantitative estimate of drug-likeness (QED) is 0.121. The van der Waals surface area contributed by atoms with Crippen molar-refractivity contribution in [1.82, 2.24) is 0 Å². The van der Waals surface area contributed by atoms with E-state index >= 15 is 0 Å². The van der Waals surface area contributed by atoms with Gasteiger partial charge >= 0.3 is 0 Å². The summed E-state index contributed by atoms with van der Waals surface area (Å²) in [5.41, 5.74) is 10.4.